The second kappa shape index (κ2) is 6.71. The Morgan fingerprint density at radius 2 is 2.13 bits per heavy atom. The van der Waals surface area contributed by atoms with E-state index >= 15 is 0 Å². The lowest BCUT2D eigenvalue weighted by Gasteiger charge is -2.06. The molecule has 4 heteroatoms. The summed E-state index contributed by atoms with van der Waals surface area (Å²) in [7, 11) is 0. The summed E-state index contributed by atoms with van der Waals surface area (Å²) in [5, 5.41) is 0. The third-order valence-corrected chi connectivity index (χ3v) is 2.97. The number of aryl methyl sites for hydroxylation is 1. The van der Waals surface area contributed by atoms with Gasteiger partial charge in [-0.15, -0.1) is 11.8 Å². The summed E-state index contributed by atoms with van der Waals surface area (Å²) in [6, 6.07) is 6.11. The zero-order valence-corrected chi connectivity index (χ0v) is 9.85. The predicted octanol–water partition coefficient (Wildman–Crippen LogP) is 1.64. The van der Waals surface area contributed by atoms with Crippen molar-refractivity contribution in [2.45, 2.75) is 11.8 Å². The van der Waals surface area contributed by atoms with Crippen LogP contribution in [-0.2, 0) is 4.74 Å². The van der Waals surface area contributed by atoms with E-state index in [9.17, 15) is 0 Å². The van der Waals surface area contributed by atoms with Gasteiger partial charge in [0.25, 0.3) is 0 Å². The minimum atomic E-state index is 0.581. The molecule has 0 radical (unpaired) electrons. The smallest absolute Gasteiger partial charge is 0.0589 e. The molecule has 1 rings (SSSR count). The number of rotatable bonds is 6. The van der Waals surface area contributed by atoms with Crippen molar-refractivity contribution in [2.75, 3.05) is 31.2 Å². The van der Waals surface area contributed by atoms with Crippen molar-refractivity contribution in [1.82, 2.24) is 0 Å². The molecule has 1 aromatic carbocycles. The van der Waals surface area contributed by atoms with Crippen molar-refractivity contribution in [3.8, 4) is 0 Å². The number of hydrogen-bond donors (Lipinski definition) is 2. The van der Waals surface area contributed by atoms with Gasteiger partial charge in [0.1, 0.15) is 0 Å². The average Bonchev–Trinajstić information content (AvgIpc) is 2.20. The van der Waals surface area contributed by atoms with Crippen LogP contribution < -0.4 is 11.5 Å². The number of ether oxygens (including phenoxy) is 1. The molecule has 0 atom stereocenters. The first kappa shape index (κ1) is 12.4. The van der Waals surface area contributed by atoms with Crippen LogP contribution in [0.25, 0.3) is 0 Å². The largest absolute Gasteiger partial charge is 0.398 e. The maximum atomic E-state index is 5.88. The first-order valence-corrected chi connectivity index (χ1v) is 5.99. The standard InChI is InChI=1S/C11H18N2OS/c1-9-2-3-11(10(13)8-9)15-7-6-14-5-4-12/h2-3,8H,4-7,12-13H2,1H3. The van der Waals surface area contributed by atoms with Crippen LogP contribution in [0.4, 0.5) is 5.69 Å². The summed E-state index contributed by atoms with van der Waals surface area (Å²) < 4.78 is 5.28. The highest BCUT2D eigenvalue weighted by molar-refractivity contribution is 7.99. The van der Waals surface area contributed by atoms with Crippen molar-refractivity contribution in [1.29, 1.82) is 0 Å². The maximum absolute atomic E-state index is 5.88. The van der Waals surface area contributed by atoms with Crippen LogP contribution in [-0.4, -0.2) is 25.5 Å². The summed E-state index contributed by atoms with van der Waals surface area (Å²) in [5.74, 6) is 0.910. The Morgan fingerprint density at radius 3 is 2.80 bits per heavy atom. The quantitative estimate of drug-likeness (QED) is 0.440. The Morgan fingerprint density at radius 1 is 1.33 bits per heavy atom. The van der Waals surface area contributed by atoms with Gasteiger partial charge in [-0.1, -0.05) is 6.07 Å². The highest BCUT2D eigenvalue weighted by Crippen LogP contribution is 2.25. The SMILES string of the molecule is Cc1ccc(SCCOCCN)c(N)c1. The average molecular weight is 226 g/mol. The van der Waals surface area contributed by atoms with E-state index < -0.39 is 0 Å². The van der Waals surface area contributed by atoms with Gasteiger partial charge in [-0.05, 0) is 24.6 Å². The molecule has 0 heterocycles. The minimum Gasteiger partial charge on any atom is -0.398 e. The molecule has 1 aromatic rings. The van der Waals surface area contributed by atoms with E-state index in [0.29, 0.717) is 13.2 Å². The van der Waals surface area contributed by atoms with Gasteiger partial charge in [-0.2, -0.15) is 0 Å². The monoisotopic (exact) mass is 226 g/mol. The highest BCUT2D eigenvalue weighted by Gasteiger charge is 1.99. The molecule has 0 amide bonds. The van der Waals surface area contributed by atoms with Crippen LogP contribution in [0, 0.1) is 6.92 Å². The number of benzene rings is 1. The van der Waals surface area contributed by atoms with Crippen molar-refractivity contribution >= 4 is 17.4 Å². The molecule has 0 fully saturated rings. The zero-order valence-electron chi connectivity index (χ0n) is 9.03. The van der Waals surface area contributed by atoms with Gasteiger partial charge in [0.05, 0.1) is 13.2 Å². The molecule has 0 aliphatic carbocycles. The van der Waals surface area contributed by atoms with Crippen LogP contribution in [0.15, 0.2) is 23.1 Å². The number of thioether (sulfide) groups is 1. The van der Waals surface area contributed by atoms with E-state index in [1.54, 1.807) is 11.8 Å². The first-order chi connectivity index (χ1) is 7.24. The van der Waals surface area contributed by atoms with Crippen LogP contribution in [0.5, 0.6) is 0 Å². The summed E-state index contributed by atoms with van der Waals surface area (Å²) in [4.78, 5) is 1.12. The Labute approximate surface area is 95.2 Å². The fraction of sp³-hybridized carbons (Fsp3) is 0.455. The van der Waals surface area contributed by atoms with E-state index in [4.69, 9.17) is 16.2 Å². The molecular weight excluding hydrogens is 208 g/mol. The summed E-state index contributed by atoms with van der Waals surface area (Å²) >= 11 is 1.72. The molecular formula is C11H18N2OS. The van der Waals surface area contributed by atoms with Crippen LogP contribution in [0.3, 0.4) is 0 Å². The summed E-state index contributed by atoms with van der Waals surface area (Å²) in [6.07, 6.45) is 0. The molecule has 84 valence electrons. The number of nitrogens with two attached hydrogens (primary N) is 2. The Kier molecular flexibility index (Phi) is 5.53. The molecule has 0 aromatic heterocycles. The molecule has 0 spiro atoms. The molecule has 15 heavy (non-hydrogen) atoms. The molecule has 0 saturated heterocycles. The lowest BCUT2D eigenvalue weighted by atomic mass is 10.2. The first-order valence-electron chi connectivity index (χ1n) is 5.01. The zero-order chi connectivity index (χ0) is 11.1. The van der Waals surface area contributed by atoms with Gasteiger partial charge in [0, 0.05) is 22.9 Å². The fourth-order valence-electron chi connectivity index (χ4n) is 1.20. The molecule has 0 aliphatic rings. The van der Waals surface area contributed by atoms with Gasteiger partial charge in [-0.3, -0.25) is 0 Å². The van der Waals surface area contributed by atoms with E-state index in [1.807, 2.05) is 13.0 Å². The predicted molar refractivity (Wildman–Crippen MR) is 66.2 cm³/mol. The van der Waals surface area contributed by atoms with E-state index in [-0.39, 0.29) is 0 Å². The summed E-state index contributed by atoms with van der Waals surface area (Å²) in [5.41, 5.74) is 13.2. The Balaban J connectivity index is 2.31. The molecule has 0 bridgehead atoms. The lowest BCUT2D eigenvalue weighted by molar-refractivity contribution is 0.158. The third-order valence-electron chi connectivity index (χ3n) is 1.91. The normalized spacial score (nSPS) is 10.5. The lowest BCUT2D eigenvalue weighted by Crippen LogP contribution is -2.09. The number of hydrogen-bond acceptors (Lipinski definition) is 4. The fourth-order valence-corrected chi connectivity index (χ4v) is 2.01. The van der Waals surface area contributed by atoms with E-state index in [1.165, 1.54) is 5.56 Å². The minimum absolute atomic E-state index is 0.581. The Hall–Kier alpha value is -0.710. The molecule has 0 aliphatic heterocycles. The molecule has 4 N–H and O–H groups in total. The van der Waals surface area contributed by atoms with Crippen molar-refractivity contribution in [3.63, 3.8) is 0 Å². The second-order valence-corrected chi connectivity index (χ2v) is 4.43. The van der Waals surface area contributed by atoms with E-state index in [2.05, 4.69) is 12.1 Å². The van der Waals surface area contributed by atoms with Crippen LogP contribution in [0.2, 0.25) is 0 Å². The van der Waals surface area contributed by atoms with Crippen molar-refractivity contribution in [3.05, 3.63) is 23.8 Å². The molecule has 3 nitrogen and oxygen atoms in total. The Bertz CT molecular complexity index is 305. The topological polar surface area (TPSA) is 61.3 Å². The van der Waals surface area contributed by atoms with Gasteiger partial charge < -0.3 is 16.2 Å². The van der Waals surface area contributed by atoms with Gasteiger partial charge in [-0.25, -0.2) is 0 Å². The highest BCUT2D eigenvalue weighted by atomic mass is 32.2. The van der Waals surface area contributed by atoms with Crippen LogP contribution >= 0.6 is 11.8 Å². The van der Waals surface area contributed by atoms with Gasteiger partial charge in [0.15, 0.2) is 0 Å². The van der Waals surface area contributed by atoms with Crippen LogP contribution in [0.1, 0.15) is 5.56 Å². The number of anilines is 1. The number of nitrogen functional groups attached to an aromatic ring is 1. The molecule has 0 unspecified atom stereocenters. The second-order valence-electron chi connectivity index (χ2n) is 3.29. The van der Waals surface area contributed by atoms with E-state index in [0.717, 1.165) is 22.9 Å². The third kappa shape index (κ3) is 4.55. The summed E-state index contributed by atoms with van der Waals surface area (Å²) in [6.45, 7) is 3.96. The van der Waals surface area contributed by atoms with Crippen molar-refractivity contribution < 1.29 is 4.74 Å². The van der Waals surface area contributed by atoms with Gasteiger partial charge in [0.2, 0.25) is 0 Å². The maximum Gasteiger partial charge on any atom is 0.0589 e. The van der Waals surface area contributed by atoms with Gasteiger partial charge >= 0.3 is 0 Å². The van der Waals surface area contributed by atoms with Crippen molar-refractivity contribution in [2.24, 2.45) is 5.73 Å². The molecule has 0 saturated carbocycles.